The average molecular weight is 236 g/mol. The molecule has 0 aliphatic rings. The van der Waals surface area contributed by atoms with Gasteiger partial charge in [-0.05, 0) is 12.1 Å². The smallest absolute Gasteiger partial charge is 0.293 e. The van der Waals surface area contributed by atoms with Crippen LogP contribution in [0.25, 0.3) is 0 Å². The summed E-state index contributed by atoms with van der Waals surface area (Å²) in [5, 5.41) is 1.23. The van der Waals surface area contributed by atoms with E-state index >= 15 is 0 Å². The molecule has 0 N–H and O–H groups in total. The second-order valence-electron chi connectivity index (χ2n) is 4.04. The molecule has 86 valence electrons. The fourth-order valence-electron chi connectivity index (χ4n) is 1.28. The van der Waals surface area contributed by atoms with Crippen LogP contribution >= 0.6 is 0 Å². The molecule has 0 aromatic heterocycles. The van der Waals surface area contributed by atoms with Gasteiger partial charge in [-0.15, -0.1) is 6.58 Å². The first-order valence-corrected chi connectivity index (χ1v) is 8.08. The van der Waals surface area contributed by atoms with Crippen LogP contribution in [0.3, 0.4) is 0 Å². The van der Waals surface area contributed by atoms with Gasteiger partial charge < -0.3 is 0 Å². The summed E-state index contributed by atoms with van der Waals surface area (Å²) in [6, 6.07) is 7.38. The Balaban J connectivity index is 2.91. The standard InChI is InChI=1S/C12H16O3Si/c1-5-16(3,4)11-8-6-10(7-9-11)12(13)15-14-2/h5-9H,1H2,2-4H3. The first-order valence-electron chi connectivity index (χ1n) is 5.00. The molecule has 16 heavy (non-hydrogen) atoms. The third-order valence-electron chi connectivity index (χ3n) is 2.53. The van der Waals surface area contributed by atoms with E-state index in [4.69, 9.17) is 0 Å². The third kappa shape index (κ3) is 2.80. The lowest BCUT2D eigenvalue weighted by Crippen LogP contribution is -2.39. The molecule has 0 aliphatic carbocycles. The van der Waals surface area contributed by atoms with Gasteiger partial charge >= 0.3 is 5.97 Å². The first-order chi connectivity index (χ1) is 7.51. The molecular weight excluding hydrogens is 220 g/mol. The Hall–Kier alpha value is -1.39. The fraction of sp³-hybridized carbons (Fsp3) is 0.250. The molecule has 0 saturated carbocycles. The number of benzene rings is 1. The summed E-state index contributed by atoms with van der Waals surface area (Å²) in [4.78, 5) is 20.1. The van der Waals surface area contributed by atoms with Crippen molar-refractivity contribution in [3.63, 3.8) is 0 Å². The third-order valence-corrected chi connectivity index (χ3v) is 5.38. The molecule has 0 aliphatic heterocycles. The minimum Gasteiger partial charge on any atom is -0.293 e. The highest BCUT2D eigenvalue weighted by Gasteiger charge is 2.19. The number of hydrogen-bond donors (Lipinski definition) is 0. The van der Waals surface area contributed by atoms with Crippen molar-refractivity contribution in [3.05, 3.63) is 42.1 Å². The lowest BCUT2D eigenvalue weighted by atomic mass is 10.2. The minimum absolute atomic E-state index is 0.480. The van der Waals surface area contributed by atoms with Crippen molar-refractivity contribution in [3.8, 4) is 0 Å². The molecule has 0 fully saturated rings. The number of rotatable bonds is 4. The zero-order chi connectivity index (χ0) is 12.2. The molecule has 0 bridgehead atoms. The lowest BCUT2D eigenvalue weighted by Gasteiger charge is -2.17. The van der Waals surface area contributed by atoms with Crippen LogP contribution in [0.15, 0.2) is 36.5 Å². The predicted octanol–water partition coefficient (Wildman–Crippen LogP) is 2.05. The van der Waals surface area contributed by atoms with Crippen LogP contribution in [-0.4, -0.2) is 21.2 Å². The molecule has 1 aromatic rings. The summed E-state index contributed by atoms with van der Waals surface area (Å²) in [5.74, 6) is -0.480. The first kappa shape index (κ1) is 12.7. The van der Waals surface area contributed by atoms with Gasteiger partial charge in [-0.25, -0.2) is 4.79 Å². The highest BCUT2D eigenvalue weighted by atomic mass is 28.3. The maximum atomic E-state index is 11.3. The van der Waals surface area contributed by atoms with E-state index < -0.39 is 14.0 Å². The van der Waals surface area contributed by atoms with Crippen LogP contribution in [0.5, 0.6) is 0 Å². The summed E-state index contributed by atoms with van der Waals surface area (Å²) in [6.45, 7) is 8.24. The van der Waals surface area contributed by atoms with Gasteiger partial charge in [-0.3, -0.25) is 4.89 Å². The zero-order valence-corrected chi connectivity index (χ0v) is 10.8. The molecule has 1 rings (SSSR count). The van der Waals surface area contributed by atoms with Crippen molar-refractivity contribution in [1.82, 2.24) is 0 Å². The van der Waals surface area contributed by atoms with E-state index in [0.29, 0.717) is 5.56 Å². The molecule has 0 heterocycles. The molecule has 1 aromatic carbocycles. The number of carbonyl (C=O) groups excluding carboxylic acids is 1. The molecule has 0 saturated heterocycles. The second-order valence-corrected chi connectivity index (χ2v) is 8.47. The summed E-state index contributed by atoms with van der Waals surface area (Å²) in [5.41, 5.74) is 2.50. The Morgan fingerprint density at radius 2 is 1.88 bits per heavy atom. The molecule has 0 amide bonds. The molecule has 0 atom stereocenters. The average Bonchev–Trinajstić information content (AvgIpc) is 2.29. The maximum Gasteiger partial charge on any atom is 0.373 e. The van der Waals surface area contributed by atoms with E-state index in [1.807, 2.05) is 17.8 Å². The van der Waals surface area contributed by atoms with Crippen LogP contribution < -0.4 is 5.19 Å². The van der Waals surface area contributed by atoms with Crippen molar-refractivity contribution in [1.29, 1.82) is 0 Å². The topological polar surface area (TPSA) is 35.5 Å². The van der Waals surface area contributed by atoms with Gasteiger partial charge in [0.1, 0.15) is 8.07 Å². The van der Waals surface area contributed by atoms with Crippen molar-refractivity contribution >= 4 is 19.2 Å². The Bertz CT molecular complexity index is 382. The highest BCUT2D eigenvalue weighted by Crippen LogP contribution is 2.07. The Morgan fingerprint density at radius 1 is 1.31 bits per heavy atom. The van der Waals surface area contributed by atoms with Crippen LogP contribution in [0.2, 0.25) is 13.1 Å². The quantitative estimate of drug-likeness (QED) is 0.456. The van der Waals surface area contributed by atoms with Crippen molar-refractivity contribution in [2.45, 2.75) is 13.1 Å². The molecule has 4 heteroatoms. The fourth-order valence-corrected chi connectivity index (χ4v) is 2.54. The van der Waals surface area contributed by atoms with Crippen LogP contribution in [0.1, 0.15) is 10.4 Å². The molecule has 0 spiro atoms. The van der Waals surface area contributed by atoms with Gasteiger partial charge in [0.15, 0.2) is 0 Å². The van der Waals surface area contributed by atoms with Gasteiger partial charge in [-0.2, -0.15) is 4.89 Å². The lowest BCUT2D eigenvalue weighted by molar-refractivity contribution is -0.216. The summed E-state index contributed by atoms with van der Waals surface area (Å²) >= 11 is 0. The molecular formula is C12H16O3Si. The molecule has 0 unspecified atom stereocenters. The number of hydrogen-bond acceptors (Lipinski definition) is 3. The van der Waals surface area contributed by atoms with Gasteiger partial charge in [0, 0.05) is 0 Å². The van der Waals surface area contributed by atoms with E-state index in [0.717, 1.165) is 0 Å². The van der Waals surface area contributed by atoms with Crippen LogP contribution in [0, 0.1) is 0 Å². The maximum absolute atomic E-state index is 11.3. The zero-order valence-electron chi connectivity index (χ0n) is 9.82. The second kappa shape index (κ2) is 5.09. The highest BCUT2D eigenvalue weighted by molar-refractivity contribution is 6.93. The van der Waals surface area contributed by atoms with E-state index in [2.05, 4.69) is 29.4 Å². The predicted molar refractivity (Wildman–Crippen MR) is 66.2 cm³/mol. The largest absolute Gasteiger partial charge is 0.373 e. The Kier molecular flexibility index (Phi) is 4.03. The van der Waals surface area contributed by atoms with E-state index in [1.165, 1.54) is 12.3 Å². The van der Waals surface area contributed by atoms with Crippen molar-refractivity contribution in [2.24, 2.45) is 0 Å². The Labute approximate surface area is 96.6 Å². The van der Waals surface area contributed by atoms with Gasteiger partial charge in [0.05, 0.1) is 12.7 Å². The Morgan fingerprint density at radius 3 is 2.31 bits per heavy atom. The van der Waals surface area contributed by atoms with Crippen LogP contribution in [-0.2, 0) is 9.78 Å². The van der Waals surface area contributed by atoms with Gasteiger partial charge in [-0.1, -0.05) is 36.1 Å². The summed E-state index contributed by atoms with van der Waals surface area (Å²) in [7, 11) is -0.243. The summed E-state index contributed by atoms with van der Waals surface area (Å²) in [6.07, 6.45) is 0. The monoisotopic (exact) mass is 236 g/mol. The van der Waals surface area contributed by atoms with E-state index in [1.54, 1.807) is 12.1 Å². The minimum atomic E-state index is -1.55. The molecule has 3 nitrogen and oxygen atoms in total. The molecule has 0 radical (unpaired) electrons. The summed E-state index contributed by atoms with van der Waals surface area (Å²) < 4.78 is 0. The number of carbonyl (C=O) groups is 1. The van der Waals surface area contributed by atoms with E-state index in [-0.39, 0.29) is 0 Å². The normalized spacial score (nSPS) is 10.9. The van der Waals surface area contributed by atoms with Crippen molar-refractivity contribution in [2.75, 3.05) is 7.11 Å². The van der Waals surface area contributed by atoms with Gasteiger partial charge in [0.2, 0.25) is 0 Å². The SMILES string of the molecule is C=C[Si](C)(C)c1ccc(C(=O)OOC)cc1. The van der Waals surface area contributed by atoms with E-state index in [9.17, 15) is 4.79 Å². The van der Waals surface area contributed by atoms with Crippen molar-refractivity contribution < 1.29 is 14.6 Å². The van der Waals surface area contributed by atoms with Crippen LogP contribution in [0.4, 0.5) is 0 Å². The van der Waals surface area contributed by atoms with Gasteiger partial charge in [0.25, 0.3) is 0 Å².